The number of nitro groups is 1. The number of aryl methyl sites for hydroxylation is 1. The molecule has 0 fully saturated rings. The molecular weight excluding hydrogens is 400 g/mol. The summed E-state index contributed by atoms with van der Waals surface area (Å²) < 4.78 is 28.0. The minimum atomic E-state index is -3.84. The number of hydrogen-bond acceptors (Lipinski definition) is 7. The number of rotatable bonds is 9. The van der Waals surface area contributed by atoms with Crippen molar-refractivity contribution in [3.63, 3.8) is 0 Å². The monoisotopic (exact) mass is 420 g/mol. The van der Waals surface area contributed by atoms with Crippen LogP contribution in [0.3, 0.4) is 0 Å². The van der Waals surface area contributed by atoms with E-state index < -0.39 is 43.8 Å². The molecule has 0 aliphatic rings. The molecular formula is C19H20N2O7S. The summed E-state index contributed by atoms with van der Waals surface area (Å²) in [5.74, 6) is -1.47. The fraction of sp³-hybridized carbons (Fsp3) is 0.263. The Bertz CT molecular complexity index is 1000. The zero-order valence-corrected chi connectivity index (χ0v) is 16.5. The summed E-state index contributed by atoms with van der Waals surface area (Å²) in [5.41, 5.74) is 0.195. The first-order valence-corrected chi connectivity index (χ1v) is 10.5. The second-order valence-corrected chi connectivity index (χ2v) is 8.21. The first-order chi connectivity index (χ1) is 13.7. The van der Waals surface area contributed by atoms with Crippen LogP contribution in [0, 0.1) is 10.1 Å². The van der Waals surface area contributed by atoms with Crippen molar-refractivity contribution in [1.82, 2.24) is 5.32 Å². The van der Waals surface area contributed by atoms with Gasteiger partial charge in [-0.15, -0.1) is 0 Å². The number of hydrogen-bond donors (Lipinski definition) is 1. The van der Waals surface area contributed by atoms with E-state index in [2.05, 4.69) is 5.32 Å². The summed E-state index contributed by atoms with van der Waals surface area (Å²) >= 11 is 0. The van der Waals surface area contributed by atoms with E-state index in [4.69, 9.17) is 4.74 Å². The van der Waals surface area contributed by atoms with Crippen LogP contribution >= 0.6 is 0 Å². The van der Waals surface area contributed by atoms with Gasteiger partial charge in [-0.1, -0.05) is 30.3 Å². The lowest BCUT2D eigenvalue weighted by atomic mass is 10.1. The molecule has 0 saturated carbocycles. The highest BCUT2D eigenvalue weighted by atomic mass is 32.2. The molecule has 1 N–H and O–H groups in total. The molecule has 0 aliphatic carbocycles. The van der Waals surface area contributed by atoms with Crippen molar-refractivity contribution in [2.45, 2.75) is 17.7 Å². The Morgan fingerprint density at radius 2 is 1.83 bits per heavy atom. The molecule has 0 saturated heterocycles. The van der Waals surface area contributed by atoms with Gasteiger partial charge in [0.2, 0.25) is 0 Å². The first kappa shape index (κ1) is 22.0. The van der Waals surface area contributed by atoms with E-state index in [1.54, 1.807) is 0 Å². The fourth-order valence-corrected chi connectivity index (χ4v) is 3.36. The van der Waals surface area contributed by atoms with E-state index in [0.29, 0.717) is 13.0 Å². The number of carbonyl (C=O) groups excluding carboxylic acids is 2. The van der Waals surface area contributed by atoms with Gasteiger partial charge in [-0.05, 0) is 30.5 Å². The average Bonchev–Trinajstić information content (AvgIpc) is 2.69. The van der Waals surface area contributed by atoms with Gasteiger partial charge in [-0.3, -0.25) is 14.9 Å². The van der Waals surface area contributed by atoms with Gasteiger partial charge in [0.15, 0.2) is 16.4 Å². The molecule has 2 aromatic carbocycles. The Labute approximate surface area is 167 Å². The van der Waals surface area contributed by atoms with Crippen LogP contribution in [0.5, 0.6) is 0 Å². The molecule has 9 nitrogen and oxygen atoms in total. The van der Waals surface area contributed by atoms with Crippen LogP contribution in [0.4, 0.5) is 5.69 Å². The van der Waals surface area contributed by atoms with E-state index in [-0.39, 0.29) is 5.56 Å². The third-order valence-corrected chi connectivity index (χ3v) is 5.08. The summed E-state index contributed by atoms with van der Waals surface area (Å²) in [5, 5.41) is 13.7. The van der Waals surface area contributed by atoms with Crippen LogP contribution in [-0.2, 0) is 25.8 Å². The lowest BCUT2D eigenvalue weighted by Crippen LogP contribution is -2.29. The molecule has 0 aliphatic heterocycles. The SMILES string of the molecule is CS(=O)(=O)c1ccc(C(=O)OCC(=O)NCCCc2ccccc2)cc1[N+](=O)[O-]. The predicted molar refractivity (Wildman–Crippen MR) is 104 cm³/mol. The third kappa shape index (κ3) is 6.68. The van der Waals surface area contributed by atoms with Gasteiger partial charge in [-0.2, -0.15) is 0 Å². The lowest BCUT2D eigenvalue weighted by Gasteiger charge is -2.07. The van der Waals surface area contributed by atoms with Crippen molar-refractivity contribution in [3.05, 3.63) is 69.8 Å². The minimum Gasteiger partial charge on any atom is -0.452 e. The molecule has 2 aromatic rings. The Morgan fingerprint density at radius 1 is 1.14 bits per heavy atom. The molecule has 1 amide bonds. The maximum Gasteiger partial charge on any atom is 0.338 e. The van der Waals surface area contributed by atoms with Gasteiger partial charge in [0.05, 0.1) is 10.5 Å². The van der Waals surface area contributed by atoms with Crippen LogP contribution in [-0.4, -0.2) is 44.6 Å². The van der Waals surface area contributed by atoms with Gasteiger partial charge in [0.1, 0.15) is 4.90 Å². The zero-order valence-electron chi connectivity index (χ0n) is 15.7. The summed E-state index contributed by atoms with van der Waals surface area (Å²) in [6.07, 6.45) is 2.33. The van der Waals surface area contributed by atoms with Gasteiger partial charge in [0.25, 0.3) is 11.6 Å². The van der Waals surface area contributed by atoms with E-state index in [9.17, 15) is 28.1 Å². The molecule has 0 atom stereocenters. The first-order valence-electron chi connectivity index (χ1n) is 8.64. The Hall–Kier alpha value is -3.27. The normalized spacial score (nSPS) is 10.9. The molecule has 0 aromatic heterocycles. The zero-order chi connectivity index (χ0) is 21.4. The smallest absolute Gasteiger partial charge is 0.338 e. The molecule has 154 valence electrons. The van der Waals surface area contributed by atoms with Gasteiger partial charge in [0, 0.05) is 18.9 Å². The second kappa shape index (κ2) is 9.78. The molecule has 0 heterocycles. The maximum atomic E-state index is 12.0. The topological polar surface area (TPSA) is 133 Å². The average molecular weight is 420 g/mol. The van der Waals surface area contributed by atoms with E-state index in [1.807, 2.05) is 30.3 Å². The van der Waals surface area contributed by atoms with Gasteiger partial charge < -0.3 is 10.1 Å². The molecule has 10 heteroatoms. The largest absolute Gasteiger partial charge is 0.452 e. The minimum absolute atomic E-state index is 0.221. The number of amides is 1. The number of esters is 1. The standard InChI is InChI=1S/C19H20N2O7S/c1-29(26,27)17-10-9-15(12-16(17)21(24)25)19(23)28-13-18(22)20-11-5-8-14-6-3-2-4-7-14/h2-4,6-7,9-10,12H,5,8,11,13H2,1H3,(H,20,22). The summed E-state index contributed by atoms with van der Waals surface area (Å²) in [4.78, 5) is 33.5. The van der Waals surface area contributed by atoms with Gasteiger partial charge in [-0.25, -0.2) is 13.2 Å². The van der Waals surface area contributed by atoms with Crippen molar-refractivity contribution >= 4 is 27.4 Å². The van der Waals surface area contributed by atoms with Crippen molar-refractivity contribution in [2.24, 2.45) is 0 Å². The molecule has 0 unspecified atom stereocenters. The number of nitrogens with zero attached hydrogens (tertiary/aromatic N) is 1. The third-order valence-electron chi connectivity index (χ3n) is 3.93. The molecule has 0 radical (unpaired) electrons. The highest BCUT2D eigenvalue weighted by Gasteiger charge is 2.24. The number of nitro benzene ring substituents is 1. The Balaban J connectivity index is 1.86. The van der Waals surface area contributed by atoms with E-state index >= 15 is 0 Å². The fourth-order valence-electron chi connectivity index (χ4n) is 2.53. The van der Waals surface area contributed by atoms with E-state index in [0.717, 1.165) is 36.4 Å². The lowest BCUT2D eigenvalue weighted by molar-refractivity contribution is -0.387. The maximum absolute atomic E-state index is 12.0. The van der Waals surface area contributed by atoms with Crippen molar-refractivity contribution in [2.75, 3.05) is 19.4 Å². The highest BCUT2D eigenvalue weighted by molar-refractivity contribution is 7.90. The Kier molecular flexibility index (Phi) is 7.43. The van der Waals surface area contributed by atoms with E-state index in [1.165, 1.54) is 0 Å². The van der Waals surface area contributed by atoms with Crippen LogP contribution in [0.15, 0.2) is 53.4 Å². The number of carbonyl (C=O) groups is 2. The Morgan fingerprint density at radius 3 is 2.45 bits per heavy atom. The summed E-state index contributed by atoms with van der Waals surface area (Å²) in [7, 11) is -3.84. The highest BCUT2D eigenvalue weighted by Crippen LogP contribution is 2.25. The predicted octanol–water partition coefficient (Wildman–Crippen LogP) is 1.90. The number of nitrogens with one attached hydrogen (secondary N) is 1. The number of sulfone groups is 1. The molecule has 2 rings (SSSR count). The second-order valence-electron chi connectivity index (χ2n) is 6.23. The molecule has 29 heavy (non-hydrogen) atoms. The van der Waals surface area contributed by atoms with Crippen LogP contribution in [0.1, 0.15) is 22.3 Å². The quantitative estimate of drug-likeness (QED) is 0.283. The number of benzene rings is 2. The van der Waals surface area contributed by atoms with Crippen LogP contribution in [0.25, 0.3) is 0 Å². The van der Waals surface area contributed by atoms with Gasteiger partial charge >= 0.3 is 5.97 Å². The van der Waals surface area contributed by atoms with Crippen molar-refractivity contribution in [1.29, 1.82) is 0 Å². The van der Waals surface area contributed by atoms with Crippen molar-refractivity contribution < 1.29 is 27.7 Å². The van der Waals surface area contributed by atoms with Crippen molar-refractivity contribution in [3.8, 4) is 0 Å². The molecule has 0 spiro atoms. The molecule has 0 bridgehead atoms. The van der Waals surface area contributed by atoms with Crippen LogP contribution < -0.4 is 5.32 Å². The van der Waals surface area contributed by atoms with Crippen LogP contribution in [0.2, 0.25) is 0 Å². The summed E-state index contributed by atoms with van der Waals surface area (Å²) in [6.45, 7) is -0.147. The summed E-state index contributed by atoms with van der Waals surface area (Å²) in [6, 6.07) is 12.6. The number of ether oxygens (including phenoxy) is 1.